The quantitative estimate of drug-likeness (QED) is 0.624. The van der Waals surface area contributed by atoms with Gasteiger partial charge in [-0.05, 0) is 56.2 Å². The molecule has 25 heavy (non-hydrogen) atoms. The SMILES string of the molecule is C=C(CC(C)(C)C)NC(C(=C)CCC1CCN(C)C1)c1ccccc1. The van der Waals surface area contributed by atoms with Gasteiger partial charge in [0, 0.05) is 12.2 Å². The summed E-state index contributed by atoms with van der Waals surface area (Å²) < 4.78 is 0. The molecular formula is C23H36N2. The van der Waals surface area contributed by atoms with E-state index < -0.39 is 0 Å². The van der Waals surface area contributed by atoms with Crippen LogP contribution >= 0.6 is 0 Å². The Morgan fingerprint density at radius 3 is 2.48 bits per heavy atom. The van der Waals surface area contributed by atoms with E-state index >= 15 is 0 Å². The van der Waals surface area contributed by atoms with Gasteiger partial charge in [0.2, 0.25) is 0 Å². The molecule has 1 aromatic rings. The number of hydrogen-bond donors (Lipinski definition) is 1. The molecule has 2 rings (SSSR count). The van der Waals surface area contributed by atoms with Crippen molar-refractivity contribution in [3.8, 4) is 0 Å². The summed E-state index contributed by atoms with van der Waals surface area (Å²) in [5.74, 6) is 0.816. The zero-order valence-electron chi connectivity index (χ0n) is 16.6. The third-order valence-corrected chi connectivity index (χ3v) is 5.00. The predicted molar refractivity (Wildman–Crippen MR) is 110 cm³/mol. The van der Waals surface area contributed by atoms with Crippen molar-refractivity contribution >= 4 is 0 Å². The molecule has 1 aromatic carbocycles. The third kappa shape index (κ3) is 6.70. The van der Waals surface area contributed by atoms with Crippen LogP contribution in [0.15, 0.2) is 54.8 Å². The van der Waals surface area contributed by atoms with Crippen molar-refractivity contribution in [2.75, 3.05) is 20.1 Å². The highest BCUT2D eigenvalue weighted by Gasteiger charge is 2.22. The van der Waals surface area contributed by atoms with Gasteiger partial charge in [-0.25, -0.2) is 0 Å². The number of allylic oxidation sites excluding steroid dienone is 1. The van der Waals surface area contributed by atoms with Gasteiger partial charge in [0.1, 0.15) is 0 Å². The Morgan fingerprint density at radius 2 is 1.92 bits per heavy atom. The highest BCUT2D eigenvalue weighted by molar-refractivity contribution is 5.28. The summed E-state index contributed by atoms with van der Waals surface area (Å²) in [6.45, 7) is 17.9. The fraction of sp³-hybridized carbons (Fsp3) is 0.565. The molecule has 1 aliphatic heterocycles. The lowest BCUT2D eigenvalue weighted by molar-refractivity contribution is 0.384. The molecule has 1 heterocycles. The Hall–Kier alpha value is -1.54. The van der Waals surface area contributed by atoms with Crippen LogP contribution in [0.25, 0.3) is 0 Å². The first-order valence-corrected chi connectivity index (χ1v) is 9.60. The maximum atomic E-state index is 4.44. The Labute approximate surface area is 155 Å². The number of nitrogens with one attached hydrogen (secondary N) is 1. The van der Waals surface area contributed by atoms with Gasteiger partial charge in [0.25, 0.3) is 0 Å². The fourth-order valence-corrected chi connectivity index (χ4v) is 3.76. The minimum absolute atomic E-state index is 0.162. The zero-order valence-corrected chi connectivity index (χ0v) is 16.6. The van der Waals surface area contributed by atoms with E-state index in [4.69, 9.17) is 0 Å². The standard InChI is InChI=1S/C23H36N2/c1-18(12-13-20-14-15-25(6)17-20)22(21-10-8-7-9-11-21)24-19(2)16-23(3,4)5/h7-11,20,22,24H,1-2,12-17H2,3-6H3. The molecule has 1 aliphatic rings. The summed E-state index contributed by atoms with van der Waals surface area (Å²) in [6.07, 6.45) is 4.61. The lowest BCUT2D eigenvalue weighted by Crippen LogP contribution is -2.25. The van der Waals surface area contributed by atoms with Crippen LogP contribution in [0.2, 0.25) is 0 Å². The van der Waals surface area contributed by atoms with Crippen LogP contribution < -0.4 is 5.32 Å². The fourth-order valence-electron chi connectivity index (χ4n) is 3.76. The second-order valence-electron chi connectivity index (χ2n) is 8.94. The van der Waals surface area contributed by atoms with Gasteiger partial charge >= 0.3 is 0 Å². The van der Waals surface area contributed by atoms with Gasteiger partial charge in [-0.1, -0.05) is 69.8 Å². The minimum Gasteiger partial charge on any atom is -0.378 e. The first-order valence-electron chi connectivity index (χ1n) is 9.60. The Kier molecular flexibility index (Phi) is 6.89. The van der Waals surface area contributed by atoms with Crippen molar-refractivity contribution in [1.29, 1.82) is 0 Å². The molecule has 2 nitrogen and oxygen atoms in total. The first-order chi connectivity index (χ1) is 11.7. The molecular weight excluding hydrogens is 304 g/mol. The highest BCUT2D eigenvalue weighted by atomic mass is 15.1. The van der Waals surface area contributed by atoms with Gasteiger partial charge in [0.05, 0.1) is 6.04 Å². The predicted octanol–water partition coefficient (Wildman–Crippen LogP) is 5.56. The van der Waals surface area contributed by atoms with E-state index in [1.54, 1.807) is 0 Å². The summed E-state index contributed by atoms with van der Waals surface area (Å²) >= 11 is 0. The largest absolute Gasteiger partial charge is 0.378 e. The molecule has 2 atom stereocenters. The molecule has 2 unspecified atom stereocenters. The summed E-state index contributed by atoms with van der Waals surface area (Å²) in [5.41, 5.74) is 3.89. The number of nitrogens with zero attached hydrogens (tertiary/aromatic N) is 1. The lowest BCUT2D eigenvalue weighted by Gasteiger charge is -2.28. The van der Waals surface area contributed by atoms with Gasteiger partial charge in [-0.2, -0.15) is 0 Å². The lowest BCUT2D eigenvalue weighted by atomic mass is 9.89. The maximum absolute atomic E-state index is 4.44. The highest BCUT2D eigenvalue weighted by Crippen LogP contribution is 2.30. The van der Waals surface area contributed by atoms with Crippen LogP contribution in [-0.2, 0) is 0 Å². The van der Waals surface area contributed by atoms with Gasteiger partial charge in [-0.15, -0.1) is 0 Å². The van der Waals surface area contributed by atoms with Crippen molar-refractivity contribution < 1.29 is 0 Å². The maximum Gasteiger partial charge on any atom is 0.0721 e. The molecule has 1 fully saturated rings. The van der Waals surface area contributed by atoms with Gasteiger partial charge in [-0.3, -0.25) is 0 Å². The van der Waals surface area contributed by atoms with Crippen molar-refractivity contribution in [3.63, 3.8) is 0 Å². The average molecular weight is 341 g/mol. The average Bonchev–Trinajstić information content (AvgIpc) is 2.95. The van der Waals surface area contributed by atoms with Crippen molar-refractivity contribution in [2.45, 2.75) is 52.5 Å². The molecule has 0 bridgehead atoms. The van der Waals surface area contributed by atoms with Crippen LogP contribution in [-0.4, -0.2) is 25.0 Å². The zero-order chi connectivity index (χ0) is 18.4. The summed E-state index contributed by atoms with van der Waals surface area (Å²) in [7, 11) is 2.22. The van der Waals surface area contributed by atoms with Crippen LogP contribution in [0.3, 0.4) is 0 Å². The number of hydrogen-bond acceptors (Lipinski definition) is 2. The molecule has 0 spiro atoms. The monoisotopic (exact) mass is 340 g/mol. The second-order valence-corrected chi connectivity index (χ2v) is 8.94. The molecule has 0 saturated carbocycles. The normalized spacial score (nSPS) is 19.6. The molecule has 0 radical (unpaired) electrons. The molecule has 0 aromatic heterocycles. The third-order valence-electron chi connectivity index (χ3n) is 5.00. The van der Waals surface area contributed by atoms with Crippen molar-refractivity contribution in [1.82, 2.24) is 10.2 Å². The first kappa shape index (κ1) is 19.8. The number of likely N-dealkylation sites (tertiary alicyclic amines) is 1. The molecule has 138 valence electrons. The Morgan fingerprint density at radius 1 is 1.24 bits per heavy atom. The summed E-state index contributed by atoms with van der Waals surface area (Å²) in [4.78, 5) is 2.44. The van der Waals surface area contributed by atoms with E-state index in [-0.39, 0.29) is 11.5 Å². The topological polar surface area (TPSA) is 15.3 Å². The smallest absolute Gasteiger partial charge is 0.0721 e. The van der Waals surface area contributed by atoms with Gasteiger partial charge in [0.15, 0.2) is 0 Å². The molecule has 0 aliphatic carbocycles. The van der Waals surface area contributed by atoms with Crippen LogP contribution in [0, 0.1) is 11.3 Å². The van der Waals surface area contributed by atoms with E-state index in [9.17, 15) is 0 Å². The van der Waals surface area contributed by atoms with Gasteiger partial charge < -0.3 is 10.2 Å². The van der Waals surface area contributed by atoms with E-state index in [1.165, 1.54) is 37.1 Å². The Balaban J connectivity index is 2.01. The molecule has 0 amide bonds. The number of benzene rings is 1. The summed E-state index contributed by atoms with van der Waals surface area (Å²) in [5, 5.41) is 3.67. The van der Waals surface area contributed by atoms with Crippen LogP contribution in [0.4, 0.5) is 0 Å². The van der Waals surface area contributed by atoms with Crippen molar-refractivity contribution in [3.05, 3.63) is 60.3 Å². The summed E-state index contributed by atoms with van der Waals surface area (Å²) in [6, 6.07) is 10.8. The van der Waals surface area contributed by atoms with E-state index in [2.05, 4.69) is 81.5 Å². The molecule has 2 heteroatoms. The van der Waals surface area contributed by atoms with Crippen LogP contribution in [0.5, 0.6) is 0 Å². The van der Waals surface area contributed by atoms with E-state index in [0.29, 0.717) is 0 Å². The van der Waals surface area contributed by atoms with E-state index in [1.807, 2.05) is 0 Å². The molecule has 1 saturated heterocycles. The number of rotatable bonds is 8. The second kappa shape index (κ2) is 8.71. The Bertz CT molecular complexity index is 568. The van der Waals surface area contributed by atoms with Crippen LogP contribution in [0.1, 0.15) is 58.1 Å². The minimum atomic E-state index is 0.162. The molecule has 1 N–H and O–H groups in total. The van der Waals surface area contributed by atoms with Crippen molar-refractivity contribution in [2.24, 2.45) is 11.3 Å². The van der Waals surface area contributed by atoms with E-state index in [0.717, 1.165) is 24.5 Å².